The quantitative estimate of drug-likeness (QED) is 0.912. The Morgan fingerprint density at radius 2 is 2.15 bits per heavy atom. The summed E-state index contributed by atoms with van der Waals surface area (Å²) in [4.78, 5) is 2.16. The maximum Gasteiger partial charge on any atom is 0.162 e. The molecular formula is C14H18N4O2. The molecule has 0 saturated heterocycles. The average Bonchev–Trinajstić information content (AvgIpc) is 3.05. The summed E-state index contributed by atoms with van der Waals surface area (Å²) in [7, 11) is 0. The summed E-state index contributed by atoms with van der Waals surface area (Å²) in [6.07, 6.45) is 1.87. The molecule has 2 heterocycles. The minimum Gasteiger partial charge on any atom is -0.471 e. The Bertz CT molecular complexity index is 609. The van der Waals surface area contributed by atoms with E-state index in [1.54, 1.807) is 4.68 Å². The zero-order valence-corrected chi connectivity index (χ0v) is 11.7. The molecule has 2 aromatic rings. The van der Waals surface area contributed by atoms with Crippen molar-refractivity contribution < 1.29 is 9.84 Å². The molecule has 0 fully saturated rings. The van der Waals surface area contributed by atoms with Gasteiger partial charge in [0.05, 0.1) is 30.6 Å². The maximum atomic E-state index is 8.95. The Morgan fingerprint density at radius 3 is 2.95 bits per heavy atom. The number of ether oxygens (including phenoxy) is 1. The molecule has 1 aliphatic heterocycles. The molecule has 106 valence electrons. The molecule has 0 saturated carbocycles. The van der Waals surface area contributed by atoms with Crippen molar-refractivity contribution in [2.45, 2.75) is 25.9 Å². The van der Waals surface area contributed by atoms with E-state index < -0.39 is 0 Å². The molecule has 0 radical (unpaired) electrons. The van der Waals surface area contributed by atoms with Crippen LogP contribution >= 0.6 is 0 Å². The number of nitrogens with zero attached hydrogens (tertiary/aromatic N) is 4. The second-order valence-electron chi connectivity index (χ2n) is 5.32. The highest BCUT2D eigenvalue weighted by Gasteiger charge is 2.36. The van der Waals surface area contributed by atoms with Crippen molar-refractivity contribution in [1.29, 1.82) is 0 Å². The van der Waals surface area contributed by atoms with Gasteiger partial charge in [-0.05, 0) is 26.0 Å². The number of hydrogen-bond acceptors (Lipinski definition) is 5. The number of aliphatic hydroxyl groups is 1. The van der Waals surface area contributed by atoms with E-state index in [0.29, 0.717) is 13.3 Å². The van der Waals surface area contributed by atoms with Crippen LogP contribution in [0.15, 0.2) is 30.5 Å². The molecule has 6 heteroatoms. The van der Waals surface area contributed by atoms with Gasteiger partial charge in [0.15, 0.2) is 6.73 Å². The molecule has 0 atom stereocenters. The second-order valence-corrected chi connectivity index (χ2v) is 5.32. The van der Waals surface area contributed by atoms with Crippen molar-refractivity contribution in [3.05, 3.63) is 36.2 Å². The standard InChI is InChI=1S/C14H18N4O2/c1-14(2,13-9-17(7-8-19)16-15-13)18-10-20-12-6-4-3-5-11(12)18/h3-6,9,19H,7-8,10H2,1-2H3. The van der Waals surface area contributed by atoms with Gasteiger partial charge in [0.1, 0.15) is 11.4 Å². The lowest BCUT2D eigenvalue weighted by atomic mass is 9.98. The summed E-state index contributed by atoms with van der Waals surface area (Å²) in [6.45, 7) is 5.19. The topological polar surface area (TPSA) is 63.4 Å². The average molecular weight is 274 g/mol. The summed E-state index contributed by atoms with van der Waals surface area (Å²) >= 11 is 0. The van der Waals surface area contributed by atoms with Crippen LogP contribution in [0.1, 0.15) is 19.5 Å². The third-order valence-electron chi connectivity index (χ3n) is 3.67. The number of para-hydroxylation sites is 2. The third kappa shape index (κ3) is 2.02. The van der Waals surface area contributed by atoms with Crippen molar-refractivity contribution in [2.24, 2.45) is 0 Å². The van der Waals surface area contributed by atoms with Gasteiger partial charge in [0.25, 0.3) is 0 Å². The van der Waals surface area contributed by atoms with E-state index in [9.17, 15) is 0 Å². The maximum absolute atomic E-state index is 8.95. The van der Waals surface area contributed by atoms with Crippen LogP contribution in [0.25, 0.3) is 0 Å². The fourth-order valence-corrected chi connectivity index (χ4v) is 2.40. The van der Waals surface area contributed by atoms with Gasteiger partial charge in [0.2, 0.25) is 0 Å². The van der Waals surface area contributed by atoms with Crippen molar-refractivity contribution in [3.63, 3.8) is 0 Å². The summed E-state index contributed by atoms with van der Waals surface area (Å²) in [6, 6.07) is 7.97. The van der Waals surface area contributed by atoms with Crippen LogP contribution in [0.2, 0.25) is 0 Å². The molecule has 0 unspecified atom stereocenters. The molecule has 1 N–H and O–H groups in total. The molecule has 20 heavy (non-hydrogen) atoms. The smallest absolute Gasteiger partial charge is 0.162 e. The van der Waals surface area contributed by atoms with Crippen molar-refractivity contribution in [1.82, 2.24) is 15.0 Å². The first-order valence-corrected chi connectivity index (χ1v) is 6.64. The zero-order valence-electron chi connectivity index (χ0n) is 11.7. The van der Waals surface area contributed by atoms with E-state index >= 15 is 0 Å². The molecule has 0 aliphatic carbocycles. The van der Waals surface area contributed by atoms with E-state index in [4.69, 9.17) is 9.84 Å². The van der Waals surface area contributed by atoms with E-state index in [1.807, 2.05) is 30.5 Å². The largest absolute Gasteiger partial charge is 0.471 e. The molecule has 0 amide bonds. The van der Waals surface area contributed by atoms with E-state index in [2.05, 4.69) is 29.1 Å². The molecule has 3 rings (SSSR count). The highest BCUT2D eigenvalue weighted by Crippen LogP contribution is 2.41. The van der Waals surface area contributed by atoms with Gasteiger partial charge < -0.3 is 14.7 Å². The van der Waals surface area contributed by atoms with Gasteiger partial charge in [-0.15, -0.1) is 5.10 Å². The lowest BCUT2D eigenvalue weighted by Gasteiger charge is -2.34. The SMILES string of the molecule is CC(C)(c1cn(CCO)nn1)N1COc2ccccc21. The predicted octanol–water partition coefficient (Wildman–Crippen LogP) is 1.36. The van der Waals surface area contributed by atoms with Gasteiger partial charge in [-0.25, -0.2) is 4.68 Å². The van der Waals surface area contributed by atoms with E-state index in [-0.39, 0.29) is 12.1 Å². The molecule has 0 bridgehead atoms. The molecule has 1 aromatic heterocycles. The lowest BCUT2D eigenvalue weighted by molar-refractivity contribution is 0.268. The molecule has 6 nitrogen and oxygen atoms in total. The van der Waals surface area contributed by atoms with Crippen molar-refractivity contribution >= 4 is 5.69 Å². The van der Waals surface area contributed by atoms with Gasteiger partial charge >= 0.3 is 0 Å². The number of rotatable bonds is 4. The number of aromatic nitrogens is 3. The van der Waals surface area contributed by atoms with Gasteiger partial charge in [-0.1, -0.05) is 17.3 Å². The van der Waals surface area contributed by atoms with Crippen LogP contribution in [-0.4, -0.2) is 33.4 Å². The van der Waals surface area contributed by atoms with E-state index in [1.165, 1.54) is 0 Å². The first-order chi connectivity index (χ1) is 9.63. The molecule has 0 spiro atoms. The van der Waals surface area contributed by atoms with E-state index in [0.717, 1.165) is 17.1 Å². The monoisotopic (exact) mass is 274 g/mol. The van der Waals surface area contributed by atoms with Gasteiger partial charge in [-0.2, -0.15) is 0 Å². The molecule has 1 aromatic carbocycles. The number of hydrogen-bond donors (Lipinski definition) is 1. The summed E-state index contributed by atoms with van der Waals surface area (Å²) in [5.41, 5.74) is 1.58. The van der Waals surface area contributed by atoms with Crippen LogP contribution < -0.4 is 9.64 Å². The fraction of sp³-hybridized carbons (Fsp3) is 0.429. The third-order valence-corrected chi connectivity index (χ3v) is 3.67. The second kappa shape index (κ2) is 4.79. The predicted molar refractivity (Wildman–Crippen MR) is 74.5 cm³/mol. The first kappa shape index (κ1) is 12.9. The van der Waals surface area contributed by atoms with Crippen LogP contribution in [0, 0.1) is 0 Å². The van der Waals surface area contributed by atoms with Crippen LogP contribution in [0.4, 0.5) is 5.69 Å². The lowest BCUT2D eigenvalue weighted by Crippen LogP contribution is -2.41. The minimum absolute atomic E-state index is 0.0545. The summed E-state index contributed by atoms with van der Waals surface area (Å²) in [5.74, 6) is 0.892. The highest BCUT2D eigenvalue weighted by molar-refractivity contribution is 5.63. The normalized spacial score (nSPS) is 14.2. The first-order valence-electron chi connectivity index (χ1n) is 6.64. The Kier molecular flexibility index (Phi) is 3.10. The number of aliphatic hydroxyl groups excluding tert-OH is 1. The van der Waals surface area contributed by atoms with Crippen LogP contribution in [-0.2, 0) is 12.1 Å². The minimum atomic E-state index is -0.333. The van der Waals surface area contributed by atoms with Crippen LogP contribution in [0.5, 0.6) is 5.75 Å². The molecule has 1 aliphatic rings. The van der Waals surface area contributed by atoms with Crippen LogP contribution in [0.3, 0.4) is 0 Å². The van der Waals surface area contributed by atoms with Crippen molar-refractivity contribution in [2.75, 3.05) is 18.2 Å². The number of anilines is 1. The zero-order chi connectivity index (χ0) is 14.2. The molecular weight excluding hydrogens is 256 g/mol. The van der Waals surface area contributed by atoms with Gasteiger partial charge in [-0.3, -0.25) is 0 Å². The Hall–Kier alpha value is -2.08. The highest BCUT2D eigenvalue weighted by atomic mass is 16.5. The van der Waals surface area contributed by atoms with Crippen molar-refractivity contribution in [3.8, 4) is 5.75 Å². The fourth-order valence-electron chi connectivity index (χ4n) is 2.40. The van der Waals surface area contributed by atoms with Gasteiger partial charge in [0, 0.05) is 0 Å². The summed E-state index contributed by atoms with van der Waals surface area (Å²) in [5, 5.41) is 17.2. The Labute approximate surface area is 117 Å². The number of fused-ring (bicyclic) bond motifs is 1. The summed E-state index contributed by atoms with van der Waals surface area (Å²) < 4.78 is 7.36. The number of benzene rings is 1. The Morgan fingerprint density at radius 1 is 1.35 bits per heavy atom. The Balaban J connectivity index is 1.92.